The fraction of sp³-hybridized carbons (Fsp3) is 0.875. The molecule has 0 aromatic rings. The summed E-state index contributed by atoms with van der Waals surface area (Å²) < 4.78 is 25.4. The van der Waals surface area contributed by atoms with E-state index in [1.165, 1.54) is 6.42 Å². The molecule has 2 aliphatic heterocycles. The molecule has 0 saturated carbocycles. The molecule has 2 fully saturated rings. The number of halogens is 2. The quantitative estimate of drug-likeness (QED) is 0.863. The summed E-state index contributed by atoms with van der Waals surface area (Å²) in [7, 11) is 0. The average Bonchev–Trinajstić information content (AvgIpc) is 2.46. The first-order valence-corrected chi connectivity index (χ1v) is 8.50. The molecule has 132 valence electrons. The summed E-state index contributed by atoms with van der Waals surface area (Å²) in [5.41, 5.74) is -1.39. The molecule has 2 aliphatic rings. The number of carboxylic acid groups (broad SMARTS) is 1. The van der Waals surface area contributed by atoms with Crippen LogP contribution in [0.15, 0.2) is 0 Å². The lowest BCUT2D eigenvalue weighted by Crippen LogP contribution is -2.51. The normalized spacial score (nSPS) is 22.6. The number of nitrogens with zero attached hydrogens (tertiary/aromatic N) is 2. The van der Waals surface area contributed by atoms with E-state index in [2.05, 4.69) is 0 Å². The predicted octanol–water partition coefficient (Wildman–Crippen LogP) is 3.19. The maximum Gasteiger partial charge on any atom is 0.319 e. The standard InChI is InChI=1S/C16H26F2N2O3/c17-13(18)12-16(14(21)22)6-10-20(11-7-16)15(23)19-8-4-2-1-3-5-9-19/h13H,1-12H2,(H,21,22). The van der Waals surface area contributed by atoms with E-state index in [9.17, 15) is 23.5 Å². The fourth-order valence-electron chi connectivity index (χ4n) is 3.57. The van der Waals surface area contributed by atoms with E-state index in [1.54, 1.807) is 4.90 Å². The number of aliphatic carboxylic acids is 1. The summed E-state index contributed by atoms with van der Waals surface area (Å²) in [5, 5.41) is 9.33. The van der Waals surface area contributed by atoms with Crippen LogP contribution in [0.1, 0.15) is 51.4 Å². The molecular weight excluding hydrogens is 306 g/mol. The zero-order valence-corrected chi connectivity index (χ0v) is 13.5. The van der Waals surface area contributed by atoms with Crippen LogP contribution >= 0.6 is 0 Å². The molecule has 2 heterocycles. The van der Waals surface area contributed by atoms with Crippen LogP contribution in [0.5, 0.6) is 0 Å². The molecule has 0 aliphatic carbocycles. The lowest BCUT2D eigenvalue weighted by Gasteiger charge is -2.40. The van der Waals surface area contributed by atoms with E-state index in [0.717, 1.165) is 38.8 Å². The molecule has 23 heavy (non-hydrogen) atoms. The van der Waals surface area contributed by atoms with Crippen molar-refractivity contribution in [3.8, 4) is 0 Å². The summed E-state index contributed by atoms with van der Waals surface area (Å²) in [6.07, 6.45) is 2.38. The molecule has 0 aromatic heterocycles. The van der Waals surface area contributed by atoms with Crippen molar-refractivity contribution in [3.05, 3.63) is 0 Å². The van der Waals surface area contributed by atoms with Crippen molar-refractivity contribution in [2.45, 2.75) is 57.8 Å². The maximum atomic E-state index is 12.7. The monoisotopic (exact) mass is 332 g/mol. The number of rotatable bonds is 3. The Labute approximate surface area is 135 Å². The van der Waals surface area contributed by atoms with Gasteiger partial charge in [0, 0.05) is 32.6 Å². The maximum absolute atomic E-state index is 12.7. The van der Waals surface area contributed by atoms with E-state index in [4.69, 9.17) is 0 Å². The molecule has 0 spiro atoms. The van der Waals surface area contributed by atoms with Gasteiger partial charge in [0.15, 0.2) is 0 Å². The Balaban J connectivity index is 1.93. The highest BCUT2D eigenvalue weighted by Gasteiger charge is 2.44. The summed E-state index contributed by atoms with van der Waals surface area (Å²) in [6, 6.07) is -0.0667. The third-order valence-electron chi connectivity index (χ3n) is 5.12. The van der Waals surface area contributed by atoms with Gasteiger partial charge in [-0.25, -0.2) is 13.6 Å². The smallest absolute Gasteiger partial charge is 0.319 e. The Kier molecular flexibility index (Phi) is 6.18. The molecule has 0 unspecified atom stereocenters. The number of carbonyl (C=O) groups excluding carboxylic acids is 1. The Hall–Kier alpha value is -1.40. The number of hydrogen-bond acceptors (Lipinski definition) is 2. The molecule has 0 radical (unpaired) electrons. The number of carboxylic acids is 1. The van der Waals surface area contributed by atoms with Crippen LogP contribution in [-0.4, -0.2) is 59.5 Å². The van der Waals surface area contributed by atoms with Gasteiger partial charge in [-0.3, -0.25) is 4.79 Å². The molecule has 1 N–H and O–H groups in total. The number of hydrogen-bond donors (Lipinski definition) is 1. The van der Waals surface area contributed by atoms with Crippen LogP contribution in [-0.2, 0) is 4.79 Å². The first-order chi connectivity index (χ1) is 10.9. The van der Waals surface area contributed by atoms with Crippen LogP contribution in [0.2, 0.25) is 0 Å². The Morgan fingerprint density at radius 1 is 0.913 bits per heavy atom. The van der Waals surface area contributed by atoms with Crippen molar-refractivity contribution in [2.24, 2.45) is 5.41 Å². The number of piperidine rings is 1. The zero-order valence-electron chi connectivity index (χ0n) is 13.5. The highest BCUT2D eigenvalue weighted by Crippen LogP contribution is 2.37. The Morgan fingerprint density at radius 2 is 1.39 bits per heavy atom. The SMILES string of the molecule is O=C(N1CCCCCCC1)N1CCC(CC(F)F)(C(=O)O)CC1. The van der Waals surface area contributed by atoms with Crippen molar-refractivity contribution >= 4 is 12.0 Å². The molecule has 0 bridgehead atoms. The van der Waals surface area contributed by atoms with Crippen molar-refractivity contribution in [1.82, 2.24) is 9.80 Å². The summed E-state index contributed by atoms with van der Waals surface area (Å²) >= 11 is 0. The molecule has 2 rings (SSSR count). The first kappa shape index (κ1) is 17.9. The van der Waals surface area contributed by atoms with Crippen molar-refractivity contribution in [2.75, 3.05) is 26.2 Å². The van der Waals surface area contributed by atoms with Gasteiger partial charge < -0.3 is 14.9 Å². The van der Waals surface area contributed by atoms with Crippen LogP contribution in [0, 0.1) is 5.41 Å². The van der Waals surface area contributed by atoms with Crippen molar-refractivity contribution in [1.29, 1.82) is 0 Å². The van der Waals surface area contributed by atoms with Gasteiger partial charge in [-0.2, -0.15) is 0 Å². The van der Waals surface area contributed by atoms with E-state index < -0.39 is 24.2 Å². The molecule has 2 amide bonds. The van der Waals surface area contributed by atoms with Crippen molar-refractivity contribution < 1.29 is 23.5 Å². The van der Waals surface area contributed by atoms with Gasteiger partial charge in [-0.1, -0.05) is 19.3 Å². The third kappa shape index (κ3) is 4.54. The van der Waals surface area contributed by atoms with Gasteiger partial charge in [0.25, 0.3) is 0 Å². The van der Waals surface area contributed by atoms with Gasteiger partial charge in [-0.05, 0) is 25.7 Å². The van der Waals surface area contributed by atoms with E-state index in [0.29, 0.717) is 0 Å². The topological polar surface area (TPSA) is 60.9 Å². The number of amides is 2. The number of urea groups is 1. The fourth-order valence-corrected chi connectivity index (χ4v) is 3.57. The van der Waals surface area contributed by atoms with Crippen LogP contribution in [0.4, 0.5) is 13.6 Å². The number of likely N-dealkylation sites (tertiary alicyclic amines) is 2. The van der Waals surface area contributed by atoms with Gasteiger partial charge in [0.05, 0.1) is 5.41 Å². The van der Waals surface area contributed by atoms with Gasteiger partial charge in [-0.15, -0.1) is 0 Å². The van der Waals surface area contributed by atoms with Gasteiger partial charge in [0.2, 0.25) is 6.43 Å². The largest absolute Gasteiger partial charge is 0.481 e. The second kappa shape index (κ2) is 7.93. The summed E-state index contributed by atoms with van der Waals surface area (Å²) in [6.45, 7) is 1.95. The lowest BCUT2D eigenvalue weighted by atomic mass is 9.76. The van der Waals surface area contributed by atoms with E-state index in [-0.39, 0.29) is 32.0 Å². The lowest BCUT2D eigenvalue weighted by molar-refractivity contribution is -0.155. The van der Waals surface area contributed by atoms with Gasteiger partial charge in [0.1, 0.15) is 0 Å². The van der Waals surface area contributed by atoms with E-state index >= 15 is 0 Å². The number of alkyl halides is 2. The first-order valence-electron chi connectivity index (χ1n) is 8.50. The zero-order chi connectivity index (χ0) is 16.9. The second-order valence-electron chi connectivity index (χ2n) is 6.71. The minimum Gasteiger partial charge on any atom is -0.481 e. The molecular formula is C16H26F2N2O3. The van der Waals surface area contributed by atoms with Crippen LogP contribution in [0.25, 0.3) is 0 Å². The molecule has 0 aromatic carbocycles. The van der Waals surface area contributed by atoms with Crippen LogP contribution in [0.3, 0.4) is 0 Å². The third-order valence-corrected chi connectivity index (χ3v) is 5.12. The highest BCUT2D eigenvalue weighted by molar-refractivity contribution is 5.77. The average molecular weight is 332 g/mol. The Morgan fingerprint density at radius 3 is 1.87 bits per heavy atom. The predicted molar refractivity (Wildman–Crippen MR) is 81.6 cm³/mol. The summed E-state index contributed by atoms with van der Waals surface area (Å²) in [4.78, 5) is 27.5. The van der Waals surface area contributed by atoms with E-state index in [1.807, 2.05) is 4.90 Å². The minimum absolute atomic E-state index is 0.0667. The molecule has 5 nitrogen and oxygen atoms in total. The number of carbonyl (C=O) groups is 2. The van der Waals surface area contributed by atoms with Gasteiger partial charge >= 0.3 is 12.0 Å². The summed E-state index contributed by atoms with van der Waals surface area (Å²) in [5.74, 6) is -1.17. The van der Waals surface area contributed by atoms with Crippen LogP contribution < -0.4 is 0 Å². The highest BCUT2D eigenvalue weighted by atomic mass is 19.3. The molecule has 7 heteroatoms. The minimum atomic E-state index is -2.64. The van der Waals surface area contributed by atoms with Crippen molar-refractivity contribution in [3.63, 3.8) is 0 Å². The second-order valence-corrected chi connectivity index (χ2v) is 6.71. The molecule has 0 atom stereocenters. The Bertz CT molecular complexity index is 416. The molecule has 2 saturated heterocycles.